The summed E-state index contributed by atoms with van der Waals surface area (Å²) in [5.74, 6) is -0.0783. The van der Waals surface area contributed by atoms with E-state index in [2.05, 4.69) is 5.32 Å². The van der Waals surface area contributed by atoms with Gasteiger partial charge in [-0.2, -0.15) is 0 Å². The summed E-state index contributed by atoms with van der Waals surface area (Å²) in [6, 6.07) is 11.3. The molecular weight excluding hydrogens is 573 g/mol. The van der Waals surface area contributed by atoms with Crippen molar-refractivity contribution in [1.82, 2.24) is 10.2 Å². The van der Waals surface area contributed by atoms with Crippen LogP contribution in [0.25, 0.3) is 0 Å². The van der Waals surface area contributed by atoms with Crippen LogP contribution in [-0.4, -0.2) is 56.6 Å². The number of carbonyl (C=O) groups excluding carboxylic acids is 2. The SMILES string of the molecule is CCOc1ccccc1N(CCCC(=O)N(Cc1c(Cl)cccc1Cl)[C@H](C)C(=O)NC1CCCCC1)S(C)(=O)=O. The molecule has 220 valence electrons. The first-order chi connectivity index (χ1) is 19.0. The van der Waals surface area contributed by atoms with E-state index in [0.717, 1.165) is 38.4 Å². The molecule has 8 nitrogen and oxygen atoms in total. The molecule has 0 bridgehead atoms. The minimum absolute atomic E-state index is 0.0198. The monoisotopic (exact) mass is 611 g/mol. The lowest BCUT2D eigenvalue weighted by Crippen LogP contribution is -2.50. The highest BCUT2D eigenvalue weighted by molar-refractivity contribution is 7.92. The molecular formula is C29H39Cl2N3O5S. The summed E-state index contributed by atoms with van der Waals surface area (Å²) in [4.78, 5) is 28.3. The molecule has 11 heteroatoms. The van der Waals surface area contributed by atoms with Gasteiger partial charge in [-0.25, -0.2) is 8.42 Å². The number of benzene rings is 2. The topological polar surface area (TPSA) is 96.0 Å². The summed E-state index contributed by atoms with van der Waals surface area (Å²) >= 11 is 12.8. The molecule has 1 atom stereocenters. The normalized spacial score (nSPS) is 14.8. The maximum absolute atomic E-state index is 13.6. The van der Waals surface area contributed by atoms with Gasteiger partial charge in [0.05, 0.1) is 18.6 Å². The highest BCUT2D eigenvalue weighted by Gasteiger charge is 2.29. The number of halogens is 2. The van der Waals surface area contributed by atoms with Crippen molar-refractivity contribution in [3.05, 3.63) is 58.1 Å². The zero-order valence-corrected chi connectivity index (χ0v) is 25.7. The van der Waals surface area contributed by atoms with Gasteiger partial charge >= 0.3 is 0 Å². The number of hydrogen-bond acceptors (Lipinski definition) is 5. The van der Waals surface area contributed by atoms with Gasteiger partial charge in [0.2, 0.25) is 21.8 Å². The van der Waals surface area contributed by atoms with E-state index in [-0.39, 0.29) is 43.8 Å². The second-order valence-electron chi connectivity index (χ2n) is 10.1. The molecule has 0 saturated heterocycles. The Hall–Kier alpha value is -2.49. The van der Waals surface area contributed by atoms with Crippen LogP contribution in [0.4, 0.5) is 5.69 Å². The van der Waals surface area contributed by atoms with Crippen LogP contribution in [0, 0.1) is 0 Å². The molecule has 2 aromatic rings. The minimum atomic E-state index is -3.65. The maximum atomic E-state index is 13.6. The van der Waals surface area contributed by atoms with Gasteiger partial charge in [-0.3, -0.25) is 13.9 Å². The van der Waals surface area contributed by atoms with E-state index in [1.807, 2.05) is 6.92 Å². The predicted octanol–water partition coefficient (Wildman–Crippen LogP) is 5.80. The van der Waals surface area contributed by atoms with Crippen molar-refractivity contribution < 1.29 is 22.7 Å². The van der Waals surface area contributed by atoms with Crippen LogP contribution >= 0.6 is 23.2 Å². The average Bonchev–Trinajstić information content (AvgIpc) is 2.91. The van der Waals surface area contributed by atoms with Crippen LogP contribution in [0.5, 0.6) is 5.75 Å². The van der Waals surface area contributed by atoms with Crippen LogP contribution < -0.4 is 14.4 Å². The third kappa shape index (κ3) is 8.75. The Morgan fingerprint density at radius 3 is 2.33 bits per heavy atom. The highest BCUT2D eigenvalue weighted by atomic mass is 35.5. The van der Waals surface area contributed by atoms with Crippen molar-refractivity contribution in [2.24, 2.45) is 0 Å². The fourth-order valence-corrected chi connectivity index (χ4v) is 6.41. The fraction of sp³-hybridized carbons (Fsp3) is 0.517. The zero-order chi connectivity index (χ0) is 29.3. The van der Waals surface area contributed by atoms with E-state index in [4.69, 9.17) is 27.9 Å². The van der Waals surface area contributed by atoms with Crippen molar-refractivity contribution in [3.8, 4) is 5.75 Å². The quantitative estimate of drug-likeness (QED) is 0.308. The van der Waals surface area contributed by atoms with Crippen molar-refractivity contribution in [1.29, 1.82) is 0 Å². The van der Waals surface area contributed by atoms with E-state index in [1.165, 1.54) is 9.21 Å². The number of rotatable bonds is 13. The average molecular weight is 613 g/mol. The van der Waals surface area contributed by atoms with Crippen molar-refractivity contribution in [3.63, 3.8) is 0 Å². The van der Waals surface area contributed by atoms with Crippen LogP contribution in [0.2, 0.25) is 10.0 Å². The Morgan fingerprint density at radius 2 is 1.70 bits per heavy atom. The molecule has 0 radical (unpaired) electrons. The number of carbonyl (C=O) groups is 2. The molecule has 0 unspecified atom stereocenters. The van der Waals surface area contributed by atoms with Crippen molar-refractivity contribution in [2.45, 2.75) is 77.4 Å². The summed E-state index contributed by atoms with van der Waals surface area (Å²) < 4.78 is 32.3. The van der Waals surface area contributed by atoms with Gasteiger partial charge in [0.1, 0.15) is 11.8 Å². The first kappa shape index (κ1) is 32.0. The van der Waals surface area contributed by atoms with E-state index < -0.39 is 16.1 Å². The van der Waals surface area contributed by atoms with Gasteiger partial charge in [0, 0.05) is 41.2 Å². The van der Waals surface area contributed by atoms with Gasteiger partial charge in [-0.1, -0.05) is 60.7 Å². The first-order valence-corrected chi connectivity index (χ1v) is 16.4. The molecule has 1 N–H and O–H groups in total. The maximum Gasteiger partial charge on any atom is 0.242 e. The molecule has 40 heavy (non-hydrogen) atoms. The third-order valence-corrected chi connectivity index (χ3v) is 8.98. The number of anilines is 1. The number of hydrogen-bond donors (Lipinski definition) is 1. The number of amides is 2. The van der Waals surface area contributed by atoms with Gasteiger partial charge in [-0.05, 0) is 57.4 Å². The second kappa shape index (κ2) is 14.9. The number of sulfonamides is 1. The lowest BCUT2D eigenvalue weighted by atomic mass is 9.95. The van der Waals surface area contributed by atoms with Gasteiger partial charge in [-0.15, -0.1) is 0 Å². The summed E-state index contributed by atoms with van der Waals surface area (Å²) in [7, 11) is -3.65. The van der Waals surface area contributed by atoms with Crippen molar-refractivity contribution in [2.75, 3.05) is 23.7 Å². The summed E-state index contributed by atoms with van der Waals surface area (Å²) in [6.07, 6.45) is 6.53. The van der Waals surface area contributed by atoms with E-state index >= 15 is 0 Å². The van der Waals surface area contributed by atoms with Crippen LogP contribution in [0.3, 0.4) is 0 Å². The molecule has 0 heterocycles. The molecule has 1 fully saturated rings. The summed E-state index contributed by atoms with van der Waals surface area (Å²) in [5, 5.41) is 3.91. The smallest absolute Gasteiger partial charge is 0.242 e. The van der Waals surface area contributed by atoms with Gasteiger partial charge in [0.15, 0.2) is 0 Å². The molecule has 1 aliphatic rings. The molecule has 2 aromatic carbocycles. The molecule has 3 rings (SSSR count). The summed E-state index contributed by atoms with van der Waals surface area (Å²) in [5.41, 5.74) is 0.971. The van der Waals surface area contributed by atoms with E-state index in [0.29, 0.717) is 33.7 Å². The fourth-order valence-electron chi connectivity index (χ4n) is 4.93. The van der Waals surface area contributed by atoms with E-state index in [1.54, 1.807) is 49.4 Å². The standard InChI is InChI=1S/C29H39Cl2N3O5S/c1-4-39-27-17-9-8-16-26(27)34(40(3,37)38)19-11-18-28(35)33(20-23-24(30)14-10-15-25(23)31)21(2)29(36)32-22-12-6-5-7-13-22/h8-10,14-17,21-22H,4-7,11-13,18-20H2,1-3H3,(H,32,36)/t21-/m1/s1. The number of ether oxygens (including phenoxy) is 1. The van der Waals surface area contributed by atoms with Gasteiger partial charge in [0.25, 0.3) is 0 Å². The Balaban J connectivity index is 1.78. The Kier molecular flexibility index (Phi) is 12.0. The largest absolute Gasteiger partial charge is 0.492 e. The van der Waals surface area contributed by atoms with Crippen LogP contribution in [0.15, 0.2) is 42.5 Å². The molecule has 0 spiro atoms. The molecule has 0 aromatic heterocycles. The minimum Gasteiger partial charge on any atom is -0.492 e. The number of nitrogens with one attached hydrogen (secondary N) is 1. The van der Waals surface area contributed by atoms with E-state index in [9.17, 15) is 18.0 Å². The lowest BCUT2D eigenvalue weighted by molar-refractivity contribution is -0.141. The Bertz CT molecular complexity index is 1250. The number of para-hydroxylation sites is 2. The van der Waals surface area contributed by atoms with Crippen LogP contribution in [0.1, 0.15) is 64.4 Å². The molecule has 0 aliphatic heterocycles. The first-order valence-electron chi connectivity index (χ1n) is 13.7. The molecule has 1 saturated carbocycles. The van der Waals surface area contributed by atoms with Crippen LogP contribution in [-0.2, 0) is 26.2 Å². The molecule has 2 amide bonds. The third-order valence-electron chi connectivity index (χ3n) is 7.09. The lowest BCUT2D eigenvalue weighted by Gasteiger charge is -2.32. The number of nitrogens with zero attached hydrogens (tertiary/aromatic N) is 2. The Labute approximate surface area is 248 Å². The second-order valence-corrected chi connectivity index (χ2v) is 12.8. The van der Waals surface area contributed by atoms with Gasteiger partial charge < -0.3 is 15.0 Å². The zero-order valence-electron chi connectivity index (χ0n) is 23.4. The highest BCUT2D eigenvalue weighted by Crippen LogP contribution is 2.31. The molecule has 1 aliphatic carbocycles. The Morgan fingerprint density at radius 1 is 1.05 bits per heavy atom. The predicted molar refractivity (Wildman–Crippen MR) is 161 cm³/mol. The van der Waals surface area contributed by atoms with Crippen molar-refractivity contribution >= 4 is 50.7 Å². The summed E-state index contributed by atoms with van der Waals surface area (Å²) in [6.45, 7) is 4.03.